The van der Waals surface area contributed by atoms with Crippen LogP contribution in [0.5, 0.6) is 0 Å². The van der Waals surface area contributed by atoms with Gasteiger partial charge in [0.2, 0.25) is 8.40 Å². The Labute approximate surface area is 204 Å². The molecule has 3 rings (SSSR count). The van der Waals surface area contributed by atoms with E-state index in [2.05, 4.69) is 141 Å². The molecular weight excluding hydrogens is 442 g/mol. The van der Waals surface area contributed by atoms with E-state index in [1.54, 1.807) is 0 Å². The smallest absolute Gasteiger partial charge is 0.216 e. The quantitative estimate of drug-likeness (QED) is 0.350. The summed E-state index contributed by atoms with van der Waals surface area (Å²) >= 11 is 0.750. The number of rotatable bonds is 3. The van der Waals surface area contributed by atoms with E-state index in [0.29, 0.717) is 0 Å². The predicted octanol–water partition coefficient (Wildman–Crippen LogP) is 8.39. The van der Waals surface area contributed by atoms with Crippen molar-refractivity contribution in [3.63, 3.8) is 0 Å². The van der Waals surface area contributed by atoms with Crippen molar-refractivity contribution in [3.05, 3.63) is 60.2 Å². The third-order valence-corrected chi connectivity index (χ3v) is 16.6. The van der Waals surface area contributed by atoms with Crippen LogP contribution >= 0.6 is 7.51 Å². The summed E-state index contributed by atoms with van der Waals surface area (Å²) in [4.78, 5) is 0. The Bertz CT molecular complexity index is 903. The molecule has 2 aromatic rings. The maximum atomic E-state index is 5.49. The van der Waals surface area contributed by atoms with Gasteiger partial charge in [0.05, 0.1) is 5.69 Å². The van der Waals surface area contributed by atoms with Crippen molar-refractivity contribution < 1.29 is 0 Å². The minimum Gasteiger partial charge on any atom is -0.329 e. The fourth-order valence-corrected chi connectivity index (χ4v) is 18.2. The lowest BCUT2D eigenvalue weighted by Gasteiger charge is -2.71. The third-order valence-electron chi connectivity index (χ3n) is 5.21. The summed E-state index contributed by atoms with van der Waals surface area (Å²) in [6, 6.07) is 19.2. The van der Waals surface area contributed by atoms with Crippen LogP contribution < -0.4 is 5.09 Å². The number of hydrogen-bond donors (Lipinski definition) is 1. The molecule has 0 aliphatic carbocycles. The van der Waals surface area contributed by atoms with Gasteiger partial charge in [-0.05, 0) is 85.8 Å². The van der Waals surface area contributed by atoms with Crippen molar-refractivity contribution in [2.75, 3.05) is 5.09 Å². The fraction of sp³-hybridized carbons (Fsp3) is 0.520. The Balaban J connectivity index is 0.00000114. The van der Waals surface area contributed by atoms with E-state index in [1.807, 2.05) is 0 Å². The van der Waals surface area contributed by atoms with Gasteiger partial charge in [0, 0.05) is 16.8 Å². The second-order valence-electron chi connectivity index (χ2n) is 11.0. The van der Waals surface area contributed by atoms with Crippen molar-refractivity contribution in [1.82, 2.24) is 8.67 Å². The molecule has 1 saturated heterocycles. The highest BCUT2D eigenvalue weighted by atomic mass is 31.2. The number of nitrogens with one attached hydrogen (secondary N) is 1. The zero-order chi connectivity index (χ0) is 24.4. The van der Waals surface area contributed by atoms with E-state index in [0.717, 1.165) is 26.6 Å². The van der Waals surface area contributed by atoms with Crippen LogP contribution in [-0.4, -0.2) is 43.4 Å². The molecule has 0 bridgehead atoms. The molecule has 0 unspecified atom stereocenters. The highest BCUT2D eigenvalue weighted by Crippen LogP contribution is 2.74. The largest absolute Gasteiger partial charge is 0.329 e. The average Bonchev–Trinajstić information content (AvgIpc) is 2.61. The van der Waals surface area contributed by atoms with Gasteiger partial charge in [-0.25, -0.2) is 13.4 Å². The second-order valence-corrected chi connectivity index (χ2v) is 19.2. The Morgan fingerprint density at radius 1 is 0.812 bits per heavy atom. The molecule has 175 valence electrons. The second kappa shape index (κ2) is 10.2. The van der Waals surface area contributed by atoms with Gasteiger partial charge in [-0.2, -0.15) is 0 Å². The summed E-state index contributed by atoms with van der Waals surface area (Å²) in [5, 5.41) is 3.97. The maximum absolute atomic E-state index is 5.49. The highest BCUT2D eigenvalue weighted by molar-refractivity contribution is 7.71. The first-order valence-corrected chi connectivity index (χ1v) is 18.4. The predicted molar refractivity (Wildman–Crippen MR) is 148 cm³/mol. The zero-order valence-electron chi connectivity index (χ0n) is 22.1. The monoisotopic (exact) mass is 485 g/mol. The fourth-order valence-electron chi connectivity index (χ4n) is 4.97. The molecule has 1 aliphatic heterocycles. The summed E-state index contributed by atoms with van der Waals surface area (Å²) in [5.41, 5.74) is 3.47. The molecule has 1 N–H and O–H groups in total. The lowest BCUT2D eigenvalue weighted by atomic mass is 10.1. The minimum atomic E-state index is -2.21. The Kier molecular flexibility index (Phi) is 8.71. The summed E-state index contributed by atoms with van der Waals surface area (Å²) in [7, 11) is -4.08. The molecule has 4 nitrogen and oxygen atoms in total. The number of benzene rings is 2. The Hall–Kier alpha value is -0.861. The van der Waals surface area contributed by atoms with Gasteiger partial charge in [-0.15, -0.1) is 11.6 Å². The molecule has 1 aliphatic rings. The van der Waals surface area contributed by atoms with Crippen LogP contribution in [-0.2, 0) is 0 Å². The van der Waals surface area contributed by atoms with Crippen LogP contribution in [0.1, 0.15) is 47.1 Å². The highest BCUT2D eigenvalue weighted by Gasteiger charge is 2.67. The summed E-state index contributed by atoms with van der Waals surface area (Å²) < 4.78 is 11.0. The molecule has 2 aromatic carbocycles. The molecule has 0 atom stereocenters. The molecule has 0 spiro atoms. The van der Waals surface area contributed by atoms with Crippen molar-refractivity contribution in [1.29, 1.82) is 0 Å². The lowest BCUT2D eigenvalue weighted by molar-refractivity contribution is 0.235. The van der Waals surface area contributed by atoms with Gasteiger partial charge in [-0.1, -0.05) is 35.9 Å². The van der Waals surface area contributed by atoms with E-state index in [4.69, 9.17) is 4.74 Å². The van der Waals surface area contributed by atoms with Gasteiger partial charge in [0.1, 0.15) is 0 Å². The van der Waals surface area contributed by atoms with E-state index in [1.165, 1.54) is 5.56 Å². The first-order valence-electron chi connectivity index (χ1n) is 11.6. The van der Waals surface area contributed by atoms with E-state index >= 15 is 0 Å². The number of nitrogens with zero attached hydrogens (tertiary/aromatic N) is 3. The van der Waals surface area contributed by atoms with Gasteiger partial charge >= 0.3 is 0 Å². The minimum absolute atomic E-state index is 0.0151. The zero-order valence-corrected chi connectivity index (χ0v) is 25.1. The van der Waals surface area contributed by atoms with Crippen molar-refractivity contribution >= 4 is 42.5 Å². The summed E-state index contributed by atoms with van der Waals surface area (Å²) in [6.07, 6.45) is 0. The van der Waals surface area contributed by atoms with Crippen molar-refractivity contribution in [2.24, 2.45) is 4.74 Å². The SMILES string of the molecule is Cc1ccc(NP2(=Nc3ccccc3)N(C(C)(C)C)[Si](C)(C)N2C(C)(C)C)cc1.[CH3][Al][CH3]. The number of hydrogen-bond acceptors (Lipinski definition) is 1. The molecular formula is C25H43AlN4PSi. The molecule has 7 heteroatoms. The van der Waals surface area contributed by atoms with Crippen molar-refractivity contribution in [2.45, 2.75) is 84.2 Å². The Morgan fingerprint density at radius 2 is 1.25 bits per heavy atom. The van der Waals surface area contributed by atoms with Crippen LogP contribution in [0.25, 0.3) is 0 Å². The molecule has 1 radical (unpaired) electrons. The number of aryl methyl sites for hydroxylation is 1. The van der Waals surface area contributed by atoms with Crippen LogP contribution in [0.2, 0.25) is 24.7 Å². The van der Waals surface area contributed by atoms with Crippen LogP contribution in [0.15, 0.2) is 59.3 Å². The standard InChI is InChI=1S/C23H37N4PSi.2CH3.Al/c1-19-15-17-21(18-16-19)25-28(24-20-13-11-10-12-14-20)26(22(2,3)4)29(8,9)27(28)23(5,6)7;;;/h10-18,25H,1-9H3;2*1H3;. The molecule has 1 fully saturated rings. The third kappa shape index (κ3) is 5.79. The van der Waals surface area contributed by atoms with E-state index in [9.17, 15) is 0 Å². The molecule has 0 aromatic heterocycles. The number of anilines is 1. The first-order chi connectivity index (χ1) is 14.7. The molecule has 0 saturated carbocycles. The first kappa shape index (κ1) is 27.4. The van der Waals surface area contributed by atoms with E-state index in [-0.39, 0.29) is 11.1 Å². The van der Waals surface area contributed by atoms with Gasteiger partial charge in [0.15, 0.2) is 22.7 Å². The maximum Gasteiger partial charge on any atom is 0.216 e. The lowest BCUT2D eigenvalue weighted by Crippen LogP contribution is -2.79. The molecule has 32 heavy (non-hydrogen) atoms. The Morgan fingerprint density at radius 3 is 1.66 bits per heavy atom. The topological polar surface area (TPSA) is 30.9 Å². The van der Waals surface area contributed by atoms with Gasteiger partial charge in [-0.3, -0.25) is 0 Å². The summed E-state index contributed by atoms with van der Waals surface area (Å²) in [5.74, 6) is 4.42. The van der Waals surface area contributed by atoms with Crippen molar-refractivity contribution in [3.8, 4) is 0 Å². The molecule has 1 heterocycles. The van der Waals surface area contributed by atoms with Crippen LogP contribution in [0.3, 0.4) is 0 Å². The van der Waals surface area contributed by atoms with Gasteiger partial charge < -0.3 is 5.09 Å². The normalized spacial score (nSPS) is 18.1. The summed E-state index contributed by atoms with van der Waals surface area (Å²) in [6.45, 7) is 21.0. The van der Waals surface area contributed by atoms with Crippen LogP contribution in [0.4, 0.5) is 11.4 Å². The average molecular weight is 486 g/mol. The van der Waals surface area contributed by atoms with Crippen LogP contribution in [0, 0.1) is 6.92 Å². The molecule has 0 amide bonds. The van der Waals surface area contributed by atoms with Gasteiger partial charge in [0.25, 0.3) is 0 Å². The van der Waals surface area contributed by atoms with E-state index < -0.39 is 15.9 Å².